The molecule has 0 saturated heterocycles. The Labute approximate surface area is 218 Å². The van der Waals surface area contributed by atoms with Gasteiger partial charge in [0.15, 0.2) is 0 Å². The third-order valence-electron chi connectivity index (χ3n) is 6.26. The summed E-state index contributed by atoms with van der Waals surface area (Å²) < 4.78 is 28.4. The number of phosphoric acid groups is 1. The minimum atomic E-state index is -4.27. The molecule has 35 heavy (non-hydrogen) atoms. The Morgan fingerprint density at radius 2 is 1.09 bits per heavy atom. The zero-order valence-electron chi connectivity index (χ0n) is 24.3. The van der Waals surface area contributed by atoms with Crippen LogP contribution in [0.1, 0.15) is 124 Å². The monoisotopic (exact) mass is 521 g/mol. The lowest BCUT2D eigenvalue weighted by Gasteiger charge is -2.30. The first-order valence-electron chi connectivity index (χ1n) is 14.5. The Morgan fingerprint density at radius 3 is 1.51 bits per heavy atom. The van der Waals surface area contributed by atoms with Gasteiger partial charge in [-0.05, 0) is 6.42 Å². The van der Waals surface area contributed by atoms with Crippen molar-refractivity contribution in [2.24, 2.45) is 5.41 Å². The van der Waals surface area contributed by atoms with E-state index in [1.807, 2.05) is 35.0 Å². The summed E-state index contributed by atoms with van der Waals surface area (Å²) in [7, 11) is 1.69. The minimum absolute atomic E-state index is 0.0666. The zero-order valence-corrected chi connectivity index (χ0v) is 25.2. The molecule has 6 nitrogen and oxygen atoms in total. The number of hydrogen-bond donors (Lipinski definition) is 0. The highest BCUT2D eigenvalue weighted by atomic mass is 31.2. The molecule has 1 atom stereocenters. The molecule has 0 aromatic carbocycles. The predicted octanol–water partition coefficient (Wildman–Crippen LogP) is 7.50. The molecule has 0 amide bonds. The SMILES string of the molecule is CCCCCCCCCCCCCCCCCCOCC(C)(C)COP(=O)([O-])OCC[N+](C)(C)C. The van der Waals surface area contributed by atoms with Crippen LogP contribution in [0.5, 0.6) is 0 Å². The Kier molecular flexibility index (Phi) is 21.0. The summed E-state index contributed by atoms with van der Waals surface area (Å²) in [6.07, 6.45) is 21.7. The van der Waals surface area contributed by atoms with Gasteiger partial charge in [-0.3, -0.25) is 4.57 Å². The van der Waals surface area contributed by atoms with Gasteiger partial charge in [0.2, 0.25) is 0 Å². The molecule has 0 heterocycles. The molecule has 0 aromatic heterocycles. The largest absolute Gasteiger partial charge is 0.756 e. The molecular weight excluding hydrogens is 461 g/mol. The normalized spacial score (nSPS) is 14.4. The highest BCUT2D eigenvalue weighted by Gasteiger charge is 2.22. The first kappa shape index (κ1) is 35.0. The molecule has 0 spiro atoms. The lowest BCUT2D eigenvalue weighted by molar-refractivity contribution is -0.870. The van der Waals surface area contributed by atoms with Crippen LogP contribution >= 0.6 is 7.82 Å². The van der Waals surface area contributed by atoms with Gasteiger partial charge in [-0.15, -0.1) is 0 Å². The molecule has 0 aliphatic rings. The predicted molar refractivity (Wildman–Crippen MR) is 147 cm³/mol. The molecule has 7 heteroatoms. The van der Waals surface area contributed by atoms with Crippen molar-refractivity contribution in [2.75, 3.05) is 54.1 Å². The topological polar surface area (TPSA) is 67.8 Å². The van der Waals surface area contributed by atoms with Crippen LogP contribution in [0, 0.1) is 5.41 Å². The second kappa shape index (κ2) is 21.0. The lowest BCUT2D eigenvalue weighted by atomic mass is 9.97. The van der Waals surface area contributed by atoms with E-state index in [1.54, 1.807) is 0 Å². The quantitative estimate of drug-likeness (QED) is 0.0670. The number of quaternary nitrogens is 1. The van der Waals surface area contributed by atoms with Crippen molar-refractivity contribution >= 4 is 7.82 Å². The van der Waals surface area contributed by atoms with Gasteiger partial charge in [0.05, 0.1) is 34.4 Å². The second-order valence-corrected chi connectivity index (χ2v) is 13.5. The van der Waals surface area contributed by atoms with Crippen LogP contribution in [0.2, 0.25) is 0 Å². The zero-order chi connectivity index (χ0) is 26.5. The van der Waals surface area contributed by atoms with E-state index in [4.69, 9.17) is 13.8 Å². The standard InChI is InChI=1S/C28H60NO5P/c1-7-8-9-10-11-12-13-14-15-16-17-18-19-20-21-22-24-32-26-28(2,3)27-34-35(30,31)33-25-23-29(4,5)6/h7-27H2,1-6H3. The second-order valence-electron chi connectivity index (χ2n) is 12.1. The molecule has 0 fully saturated rings. The van der Waals surface area contributed by atoms with Crippen LogP contribution < -0.4 is 4.89 Å². The molecule has 0 radical (unpaired) electrons. The van der Waals surface area contributed by atoms with E-state index in [-0.39, 0.29) is 18.6 Å². The summed E-state index contributed by atoms with van der Waals surface area (Å²) in [6.45, 7) is 8.17. The molecular formula is C28H60NO5P. The molecule has 0 saturated carbocycles. The van der Waals surface area contributed by atoms with Gasteiger partial charge in [-0.25, -0.2) is 0 Å². The maximum absolute atomic E-state index is 11.9. The lowest BCUT2D eigenvalue weighted by Crippen LogP contribution is -2.37. The Hall–Kier alpha value is 0.0300. The van der Waals surface area contributed by atoms with Gasteiger partial charge in [-0.1, -0.05) is 117 Å². The third kappa shape index (κ3) is 26.9. The van der Waals surface area contributed by atoms with E-state index < -0.39 is 7.82 Å². The fourth-order valence-corrected chi connectivity index (χ4v) is 4.75. The van der Waals surface area contributed by atoms with E-state index in [0.29, 0.717) is 17.6 Å². The average Bonchev–Trinajstić information content (AvgIpc) is 2.76. The summed E-state index contributed by atoms with van der Waals surface area (Å²) >= 11 is 0. The number of ether oxygens (including phenoxy) is 1. The highest BCUT2D eigenvalue weighted by Crippen LogP contribution is 2.40. The van der Waals surface area contributed by atoms with Gasteiger partial charge in [0.25, 0.3) is 7.82 Å². The van der Waals surface area contributed by atoms with Crippen LogP contribution in [0.25, 0.3) is 0 Å². The number of hydrogen-bond acceptors (Lipinski definition) is 5. The van der Waals surface area contributed by atoms with Crippen molar-refractivity contribution in [3.63, 3.8) is 0 Å². The average molecular weight is 522 g/mol. The summed E-state index contributed by atoms with van der Waals surface area (Å²) in [5.41, 5.74) is -0.376. The van der Waals surface area contributed by atoms with Crippen molar-refractivity contribution in [3.8, 4) is 0 Å². The molecule has 0 aliphatic carbocycles. The molecule has 0 aliphatic heterocycles. The van der Waals surface area contributed by atoms with Gasteiger partial charge in [0.1, 0.15) is 13.2 Å². The van der Waals surface area contributed by atoms with Crippen molar-refractivity contribution < 1.29 is 27.7 Å². The molecule has 0 rings (SSSR count). The minimum Gasteiger partial charge on any atom is -0.756 e. The van der Waals surface area contributed by atoms with Crippen LogP contribution in [-0.4, -0.2) is 58.6 Å². The van der Waals surface area contributed by atoms with Crippen LogP contribution in [0.15, 0.2) is 0 Å². The Morgan fingerprint density at radius 1 is 0.657 bits per heavy atom. The molecule has 1 unspecified atom stereocenters. The van der Waals surface area contributed by atoms with E-state index in [9.17, 15) is 9.46 Å². The summed E-state index contributed by atoms with van der Waals surface area (Å²) in [4.78, 5) is 11.9. The number of nitrogens with zero attached hydrogens (tertiary/aromatic N) is 1. The number of likely N-dealkylation sites (N-methyl/N-ethyl adjacent to an activating group) is 1. The summed E-state index contributed by atoms with van der Waals surface area (Å²) in [5, 5.41) is 0. The third-order valence-corrected chi connectivity index (χ3v) is 7.20. The fraction of sp³-hybridized carbons (Fsp3) is 1.00. The van der Waals surface area contributed by atoms with Crippen molar-refractivity contribution in [2.45, 2.75) is 124 Å². The van der Waals surface area contributed by atoms with Crippen LogP contribution in [-0.2, 0) is 18.3 Å². The Bertz CT molecular complexity index is 522. The van der Waals surface area contributed by atoms with E-state index >= 15 is 0 Å². The maximum Gasteiger partial charge on any atom is 0.268 e. The maximum atomic E-state index is 11.9. The van der Waals surface area contributed by atoms with E-state index in [0.717, 1.165) is 13.0 Å². The van der Waals surface area contributed by atoms with Gasteiger partial charge < -0.3 is 23.2 Å². The first-order valence-corrected chi connectivity index (χ1v) is 15.9. The smallest absolute Gasteiger partial charge is 0.268 e. The summed E-state index contributed by atoms with van der Waals surface area (Å²) in [6, 6.07) is 0. The number of phosphoric ester groups is 1. The molecule has 212 valence electrons. The summed E-state index contributed by atoms with van der Waals surface area (Å²) in [5.74, 6) is 0. The van der Waals surface area contributed by atoms with Gasteiger partial charge >= 0.3 is 0 Å². The van der Waals surface area contributed by atoms with Crippen LogP contribution in [0.3, 0.4) is 0 Å². The first-order chi connectivity index (χ1) is 16.5. The number of rotatable bonds is 26. The molecule has 0 bridgehead atoms. The van der Waals surface area contributed by atoms with Crippen molar-refractivity contribution in [1.29, 1.82) is 0 Å². The molecule has 0 aromatic rings. The van der Waals surface area contributed by atoms with Crippen molar-refractivity contribution in [1.82, 2.24) is 0 Å². The highest BCUT2D eigenvalue weighted by molar-refractivity contribution is 7.45. The van der Waals surface area contributed by atoms with Crippen LogP contribution in [0.4, 0.5) is 0 Å². The fourth-order valence-electron chi connectivity index (χ4n) is 3.86. The van der Waals surface area contributed by atoms with E-state index in [1.165, 1.54) is 96.3 Å². The van der Waals surface area contributed by atoms with Crippen molar-refractivity contribution in [3.05, 3.63) is 0 Å². The van der Waals surface area contributed by atoms with Gasteiger partial charge in [-0.2, -0.15) is 0 Å². The molecule has 0 N–H and O–H groups in total. The van der Waals surface area contributed by atoms with Gasteiger partial charge in [0, 0.05) is 12.0 Å². The number of unbranched alkanes of at least 4 members (excludes halogenated alkanes) is 15. The van der Waals surface area contributed by atoms with E-state index in [2.05, 4.69) is 6.92 Å². The Balaban J connectivity index is 3.51.